The quantitative estimate of drug-likeness (QED) is 0.0112. The van der Waals surface area contributed by atoms with Crippen LogP contribution < -0.4 is 20.7 Å². The minimum atomic E-state index is -4.56. The second-order valence-electron chi connectivity index (χ2n) is 14.7. The molecule has 1 aromatic heterocycles. The summed E-state index contributed by atoms with van der Waals surface area (Å²) in [6, 6.07) is 23.1. The van der Waals surface area contributed by atoms with E-state index >= 15 is 0 Å². The number of benzene rings is 3. The van der Waals surface area contributed by atoms with Gasteiger partial charge in [0.1, 0.15) is 29.9 Å². The number of ketones is 1. The summed E-state index contributed by atoms with van der Waals surface area (Å²) in [6.07, 6.45) is 3.04. The Bertz CT molecular complexity index is 2220. The second-order valence-corrected chi connectivity index (χ2v) is 16.2. The molecule has 0 saturated carbocycles. The molecular formula is C46H57N4O14P. The van der Waals surface area contributed by atoms with Crippen LogP contribution in [0.1, 0.15) is 98.3 Å². The summed E-state index contributed by atoms with van der Waals surface area (Å²) in [7, 11) is -4.56. The monoisotopic (exact) mass is 920 g/mol. The number of esters is 1. The van der Waals surface area contributed by atoms with Gasteiger partial charge in [-0.05, 0) is 62.1 Å². The lowest BCUT2D eigenvalue weighted by atomic mass is 9.90. The SMILES string of the molecule is CCCCC[C@@H](C(=O)NCNC(=O)c1ccc(-c2ccc(C(=O)N[C@@H](CC(C)=O)C(=O)OCc3ccccc3)c(OCC)c2)o1)[C@@H](CC)N(C=O)OCOP(=O)(O)OCc1ccccc1. The lowest BCUT2D eigenvalue weighted by molar-refractivity contribution is -0.221. The number of nitrogens with one attached hydrogen (secondary N) is 3. The number of Topliss-reactive ketones (excluding diaryl/α,β-unsaturated/α-hetero) is 1. The molecular weight excluding hydrogens is 863 g/mol. The van der Waals surface area contributed by atoms with E-state index in [4.69, 9.17) is 27.8 Å². The highest BCUT2D eigenvalue weighted by molar-refractivity contribution is 7.47. The maximum absolute atomic E-state index is 13.6. The Labute approximate surface area is 377 Å². The van der Waals surface area contributed by atoms with Crippen molar-refractivity contribution in [3.63, 3.8) is 0 Å². The number of nitrogens with zero attached hydrogens (tertiary/aromatic N) is 1. The number of amides is 4. The fourth-order valence-corrected chi connectivity index (χ4v) is 7.17. The minimum absolute atomic E-state index is 0.0402. The van der Waals surface area contributed by atoms with Crippen molar-refractivity contribution >= 4 is 43.7 Å². The Morgan fingerprint density at radius 3 is 2.17 bits per heavy atom. The first-order valence-corrected chi connectivity index (χ1v) is 22.7. The van der Waals surface area contributed by atoms with Crippen LogP contribution in [-0.2, 0) is 55.6 Å². The number of hydrogen-bond acceptors (Lipinski definition) is 13. The van der Waals surface area contributed by atoms with Crippen LogP contribution >= 0.6 is 7.82 Å². The Balaban J connectivity index is 1.36. The first-order valence-electron chi connectivity index (χ1n) is 21.2. The van der Waals surface area contributed by atoms with Gasteiger partial charge in [-0.15, -0.1) is 0 Å². The molecule has 1 heterocycles. The summed E-state index contributed by atoms with van der Waals surface area (Å²) in [4.78, 5) is 92.9. The van der Waals surface area contributed by atoms with E-state index in [1.807, 2.05) is 13.0 Å². The molecule has 350 valence electrons. The fraction of sp³-hybridized carbons (Fsp3) is 0.391. The zero-order valence-electron chi connectivity index (χ0n) is 36.9. The number of carbonyl (C=O) groups is 6. The molecule has 3 aromatic carbocycles. The summed E-state index contributed by atoms with van der Waals surface area (Å²) in [6.45, 7) is 5.61. The van der Waals surface area contributed by atoms with Gasteiger partial charge in [-0.2, -0.15) is 0 Å². The third kappa shape index (κ3) is 16.7. The molecule has 4 aromatic rings. The molecule has 4 amide bonds. The van der Waals surface area contributed by atoms with E-state index in [0.29, 0.717) is 30.4 Å². The summed E-state index contributed by atoms with van der Waals surface area (Å²) < 4.78 is 39.4. The predicted octanol–water partition coefficient (Wildman–Crippen LogP) is 6.63. The van der Waals surface area contributed by atoms with Crippen molar-refractivity contribution < 1.29 is 66.0 Å². The number of unbranched alkanes of at least 4 members (excludes halogenated alkanes) is 2. The average Bonchev–Trinajstić information content (AvgIpc) is 3.80. The minimum Gasteiger partial charge on any atom is -0.493 e. The molecule has 4 N–H and O–H groups in total. The highest BCUT2D eigenvalue weighted by Gasteiger charge is 2.33. The summed E-state index contributed by atoms with van der Waals surface area (Å²) in [5.74, 6) is -3.39. The molecule has 0 aliphatic rings. The van der Waals surface area contributed by atoms with Crippen molar-refractivity contribution in [2.45, 2.75) is 91.5 Å². The Hall–Kier alpha value is -6.17. The Morgan fingerprint density at radius 1 is 0.846 bits per heavy atom. The third-order valence-electron chi connectivity index (χ3n) is 9.88. The van der Waals surface area contributed by atoms with Gasteiger partial charge in [-0.25, -0.2) is 19.3 Å². The van der Waals surface area contributed by atoms with Gasteiger partial charge in [0.05, 0.1) is 37.4 Å². The largest absolute Gasteiger partial charge is 0.493 e. The van der Waals surface area contributed by atoms with Gasteiger partial charge < -0.3 is 34.7 Å². The van der Waals surface area contributed by atoms with Crippen molar-refractivity contribution in [3.05, 3.63) is 113 Å². The molecule has 18 nitrogen and oxygen atoms in total. The lowest BCUT2D eigenvalue weighted by Gasteiger charge is -2.32. The van der Waals surface area contributed by atoms with Gasteiger partial charge in [0.2, 0.25) is 12.3 Å². The van der Waals surface area contributed by atoms with E-state index in [9.17, 15) is 38.2 Å². The number of furan rings is 1. The van der Waals surface area contributed by atoms with Crippen LogP contribution in [-0.4, -0.2) is 78.0 Å². The van der Waals surface area contributed by atoms with E-state index in [0.717, 1.165) is 23.5 Å². The van der Waals surface area contributed by atoms with Crippen molar-refractivity contribution in [2.75, 3.05) is 20.1 Å². The van der Waals surface area contributed by atoms with Gasteiger partial charge in [0.25, 0.3) is 11.8 Å². The molecule has 4 atom stereocenters. The number of ether oxygens (including phenoxy) is 2. The van der Waals surface area contributed by atoms with Crippen molar-refractivity contribution in [2.24, 2.45) is 5.92 Å². The number of hydrogen-bond donors (Lipinski definition) is 4. The number of rotatable bonds is 29. The number of carbonyl (C=O) groups excluding carboxylic acids is 6. The van der Waals surface area contributed by atoms with E-state index in [1.165, 1.54) is 25.1 Å². The standard InChI is InChI=1S/C46H57N4O14P/c1-5-8-11-20-36(39(6-2)50(30-51)61-31-63-65(57,58)62-28-34-18-14-10-15-19-34)43(53)47-29-48-45(55)41-24-23-40(64-41)35-21-22-37(42(26-35)59-7-3)44(54)49-38(25-32(4)52)46(56)60-27-33-16-12-9-13-17-33/h9-10,12-19,21-24,26,30,36,38-39H,5-8,11,20,25,27-29,31H2,1-4H3,(H,47,53)(H,48,55)(H,49,54)(H,57,58)/t36-,38+,39-/m1/s1. The van der Waals surface area contributed by atoms with Gasteiger partial charge in [0.15, 0.2) is 12.6 Å². The maximum atomic E-state index is 13.6. The van der Waals surface area contributed by atoms with Crippen LogP contribution in [0.4, 0.5) is 0 Å². The van der Waals surface area contributed by atoms with Gasteiger partial charge in [0, 0.05) is 12.0 Å². The van der Waals surface area contributed by atoms with Crippen molar-refractivity contribution in [1.29, 1.82) is 0 Å². The zero-order chi connectivity index (χ0) is 47.2. The van der Waals surface area contributed by atoms with Crippen molar-refractivity contribution in [3.8, 4) is 17.1 Å². The van der Waals surface area contributed by atoms with Gasteiger partial charge >= 0.3 is 13.8 Å². The Kier molecular flexibility index (Phi) is 21.0. The highest BCUT2D eigenvalue weighted by Crippen LogP contribution is 2.44. The van der Waals surface area contributed by atoms with Crippen LogP contribution in [0, 0.1) is 5.92 Å². The van der Waals surface area contributed by atoms with Crippen LogP contribution in [0.2, 0.25) is 0 Å². The molecule has 1 unspecified atom stereocenters. The van der Waals surface area contributed by atoms with Crippen LogP contribution in [0.3, 0.4) is 0 Å². The lowest BCUT2D eigenvalue weighted by Crippen LogP contribution is -2.48. The number of phosphoric acid groups is 1. The average molecular weight is 921 g/mol. The van der Waals surface area contributed by atoms with Crippen LogP contribution in [0.15, 0.2) is 95.4 Å². The smallest absolute Gasteiger partial charge is 0.474 e. The molecule has 0 saturated heterocycles. The van der Waals surface area contributed by atoms with Gasteiger partial charge in [-0.1, -0.05) is 99.8 Å². The number of hydroxylamine groups is 2. The maximum Gasteiger partial charge on any atom is 0.474 e. The third-order valence-corrected chi connectivity index (χ3v) is 10.8. The second kappa shape index (κ2) is 26.6. The van der Waals surface area contributed by atoms with E-state index in [2.05, 4.69) is 16.0 Å². The predicted molar refractivity (Wildman–Crippen MR) is 236 cm³/mol. The molecule has 4 rings (SSSR count). The van der Waals surface area contributed by atoms with E-state index in [-0.39, 0.29) is 67.9 Å². The molecule has 65 heavy (non-hydrogen) atoms. The zero-order valence-corrected chi connectivity index (χ0v) is 37.8. The first-order chi connectivity index (χ1) is 31.3. The highest BCUT2D eigenvalue weighted by atomic mass is 31.2. The summed E-state index contributed by atoms with van der Waals surface area (Å²) >= 11 is 0. The normalized spacial score (nSPS) is 13.3. The fourth-order valence-electron chi connectivity index (χ4n) is 6.61. The summed E-state index contributed by atoms with van der Waals surface area (Å²) in [5, 5.41) is 8.75. The summed E-state index contributed by atoms with van der Waals surface area (Å²) in [5.41, 5.74) is 1.91. The van der Waals surface area contributed by atoms with E-state index in [1.54, 1.807) is 80.6 Å². The van der Waals surface area contributed by atoms with Crippen LogP contribution in [0.25, 0.3) is 11.3 Å². The molecule has 19 heteroatoms. The topological polar surface area (TPSA) is 238 Å². The van der Waals surface area contributed by atoms with Gasteiger partial charge in [-0.3, -0.25) is 33.0 Å². The Morgan fingerprint density at radius 2 is 1.54 bits per heavy atom. The number of phosphoric ester groups is 1. The molecule has 0 aliphatic heterocycles. The molecule has 0 spiro atoms. The molecule has 0 bridgehead atoms. The van der Waals surface area contributed by atoms with Crippen LogP contribution in [0.5, 0.6) is 5.75 Å². The first kappa shape index (κ1) is 51.5. The molecule has 0 aliphatic carbocycles. The molecule has 0 fully saturated rings. The van der Waals surface area contributed by atoms with Crippen molar-refractivity contribution in [1.82, 2.24) is 21.0 Å². The van der Waals surface area contributed by atoms with E-state index < -0.39 is 56.3 Å². The molecule has 0 radical (unpaired) electrons.